The van der Waals surface area contributed by atoms with Gasteiger partial charge in [-0.25, -0.2) is 0 Å². The quantitative estimate of drug-likeness (QED) is 0.493. The monoisotopic (exact) mass is 214 g/mol. The molecule has 0 rings (SSSR count). The molecular weight excluding hydrogens is 200 g/mol. The average molecular weight is 215 g/mol. The van der Waals surface area contributed by atoms with E-state index in [-0.39, 0.29) is 0 Å². The Kier molecular flexibility index (Phi) is 7.59. The van der Waals surface area contributed by atoms with Crippen LogP contribution in [0.3, 0.4) is 0 Å². The number of halogens is 1. The van der Waals surface area contributed by atoms with Crippen LogP contribution in [0.2, 0.25) is 0 Å². The minimum Gasteiger partial charge on any atom is -0.0848 e. The highest BCUT2D eigenvalue weighted by Crippen LogP contribution is 1.98. The van der Waals surface area contributed by atoms with Crippen LogP contribution in [-0.2, 0) is 0 Å². The Morgan fingerprint density at radius 1 is 1.18 bits per heavy atom. The van der Waals surface area contributed by atoms with Crippen molar-refractivity contribution in [3.63, 3.8) is 0 Å². The fraction of sp³-hybridized carbons (Fsp3) is 0.400. The third kappa shape index (κ3) is 9.70. The van der Waals surface area contributed by atoms with Crippen molar-refractivity contribution >= 4 is 15.9 Å². The van der Waals surface area contributed by atoms with Gasteiger partial charge in [0.05, 0.1) is 0 Å². The predicted molar refractivity (Wildman–Crippen MR) is 56.1 cm³/mol. The lowest BCUT2D eigenvalue weighted by molar-refractivity contribution is 1.22. The summed E-state index contributed by atoms with van der Waals surface area (Å²) in [6.45, 7) is 4.22. The molecule has 0 aromatic heterocycles. The molecule has 0 N–H and O–H groups in total. The van der Waals surface area contributed by atoms with Gasteiger partial charge in [-0.1, -0.05) is 59.3 Å². The second-order valence-corrected chi connectivity index (χ2v) is 3.73. The third-order valence-electron chi connectivity index (χ3n) is 1.08. The third-order valence-corrected chi connectivity index (χ3v) is 1.39. The fourth-order valence-electron chi connectivity index (χ4n) is 0.560. The Bertz CT molecular complexity index is 152. The molecule has 0 aromatic carbocycles. The summed E-state index contributed by atoms with van der Waals surface area (Å²) >= 11 is 3.42. The molecule has 0 aliphatic rings. The maximum Gasteiger partial charge on any atom is 0.0300 e. The van der Waals surface area contributed by atoms with E-state index in [4.69, 9.17) is 0 Å². The molecule has 0 saturated carbocycles. The molecule has 0 aliphatic heterocycles. The second-order valence-electron chi connectivity index (χ2n) is 2.28. The fourth-order valence-corrected chi connectivity index (χ4v) is 0.736. The Morgan fingerprint density at radius 2 is 1.82 bits per heavy atom. The Labute approximate surface area is 77.8 Å². The zero-order valence-electron chi connectivity index (χ0n) is 7.13. The van der Waals surface area contributed by atoms with Gasteiger partial charge in [-0.05, 0) is 13.3 Å². The lowest BCUT2D eigenvalue weighted by atomic mass is 10.3. The van der Waals surface area contributed by atoms with Gasteiger partial charge in [0.2, 0.25) is 0 Å². The Balaban J connectivity index is 3.51. The highest BCUT2D eigenvalue weighted by atomic mass is 79.9. The molecule has 11 heavy (non-hydrogen) atoms. The molecule has 0 heterocycles. The van der Waals surface area contributed by atoms with E-state index in [1.54, 1.807) is 0 Å². The standard InChI is InChI=1S/C10H15Br/c1-3-4-5-6-7-8-9-10(2)11/h4-10H,3H2,1-2H3/b5-4+,7-6+,9-8+. The molecule has 0 fully saturated rings. The average Bonchev–Trinajstić information content (AvgIpc) is 1.96. The van der Waals surface area contributed by atoms with Gasteiger partial charge in [-0.2, -0.15) is 0 Å². The zero-order chi connectivity index (χ0) is 8.53. The minimum atomic E-state index is 0.460. The first-order valence-electron chi connectivity index (χ1n) is 3.91. The van der Waals surface area contributed by atoms with Crippen molar-refractivity contribution in [1.29, 1.82) is 0 Å². The van der Waals surface area contributed by atoms with Gasteiger partial charge < -0.3 is 0 Å². The molecule has 62 valence electrons. The van der Waals surface area contributed by atoms with E-state index < -0.39 is 0 Å². The lowest BCUT2D eigenvalue weighted by Crippen LogP contribution is -1.77. The topological polar surface area (TPSA) is 0 Å². The molecule has 0 bridgehead atoms. The van der Waals surface area contributed by atoms with Crippen molar-refractivity contribution in [3.05, 3.63) is 36.5 Å². The summed E-state index contributed by atoms with van der Waals surface area (Å²) in [7, 11) is 0. The van der Waals surface area contributed by atoms with Gasteiger partial charge in [-0.3, -0.25) is 0 Å². The molecule has 0 aromatic rings. The molecule has 0 saturated heterocycles. The summed E-state index contributed by atoms with van der Waals surface area (Å²) in [6, 6.07) is 0. The van der Waals surface area contributed by atoms with E-state index >= 15 is 0 Å². The second kappa shape index (κ2) is 7.80. The molecule has 1 unspecified atom stereocenters. The summed E-state index contributed by atoms with van der Waals surface area (Å²) in [5.41, 5.74) is 0. The highest BCUT2D eigenvalue weighted by molar-refractivity contribution is 9.09. The molecule has 0 radical (unpaired) electrons. The van der Waals surface area contributed by atoms with Gasteiger partial charge in [0.25, 0.3) is 0 Å². The molecule has 0 spiro atoms. The van der Waals surface area contributed by atoms with E-state index in [1.807, 2.05) is 18.2 Å². The van der Waals surface area contributed by atoms with Crippen molar-refractivity contribution in [1.82, 2.24) is 0 Å². The van der Waals surface area contributed by atoms with Crippen LogP contribution in [-0.4, -0.2) is 4.83 Å². The largest absolute Gasteiger partial charge is 0.0848 e. The van der Waals surface area contributed by atoms with Crippen LogP contribution in [0, 0.1) is 0 Å². The summed E-state index contributed by atoms with van der Waals surface area (Å²) < 4.78 is 0. The van der Waals surface area contributed by atoms with E-state index in [1.165, 1.54) is 0 Å². The first kappa shape index (κ1) is 10.7. The number of hydrogen-bond acceptors (Lipinski definition) is 0. The van der Waals surface area contributed by atoms with E-state index in [0.717, 1.165) is 6.42 Å². The highest BCUT2D eigenvalue weighted by Gasteiger charge is 1.80. The molecule has 0 aliphatic carbocycles. The number of allylic oxidation sites excluding steroid dienone is 6. The summed E-state index contributed by atoms with van der Waals surface area (Å²) in [4.78, 5) is 0.460. The van der Waals surface area contributed by atoms with E-state index in [2.05, 4.69) is 48.0 Å². The van der Waals surface area contributed by atoms with Crippen LogP contribution in [0.5, 0.6) is 0 Å². The van der Waals surface area contributed by atoms with Crippen LogP contribution < -0.4 is 0 Å². The van der Waals surface area contributed by atoms with Crippen LogP contribution in [0.4, 0.5) is 0 Å². The van der Waals surface area contributed by atoms with E-state index in [0.29, 0.717) is 4.83 Å². The van der Waals surface area contributed by atoms with Crippen molar-refractivity contribution in [3.8, 4) is 0 Å². The van der Waals surface area contributed by atoms with Gasteiger partial charge in [0, 0.05) is 4.83 Å². The van der Waals surface area contributed by atoms with Crippen molar-refractivity contribution in [2.24, 2.45) is 0 Å². The first-order valence-corrected chi connectivity index (χ1v) is 4.83. The van der Waals surface area contributed by atoms with Crippen molar-refractivity contribution in [2.45, 2.75) is 25.1 Å². The minimum absolute atomic E-state index is 0.460. The molecular formula is C10H15Br. The van der Waals surface area contributed by atoms with E-state index in [9.17, 15) is 0 Å². The first-order chi connectivity index (χ1) is 5.27. The smallest absolute Gasteiger partial charge is 0.0300 e. The molecule has 0 nitrogen and oxygen atoms in total. The van der Waals surface area contributed by atoms with Crippen molar-refractivity contribution < 1.29 is 0 Å². The molecule has 0 amide bonds. The summed E-state index contributed by atoms with van der Waals surface area (Å²) in [6.07, 6.45) is 13.5. The molecule has 1 atom stereocenters. The summed E-state index contributed by atoms with van der Waals surface area (Å²) in [5, 5.41) is 0. The van der Waals surface area contributed by atoms with Crippen molar-refractivity contribution in [2.75, 3.05) is 0 Å². The van der Waals surface area contributed by atoms with Gasteiger partial charge in [0.15, 0.2) is 0 Å². The van der Waals surface area contributed by atoms with Crippen LogP contribution in [0.15, 0.2) is 36.5 Å². The van der Waals surface area contributed by atoms with Gasteiger partial charge in [-0.15, -0.1) is 0 Å². The Morgan fingerprint density at radius 3 is 2.36 bits per heavy atom. The zero-order valence-corrected chi connectivity index (χ0v) is 8.71. The molecule has 1 heteroatoms. The van der Waals surface area contributed by atoms with Gasteiger partial charge >= 0.3 is 0 Å². The predicted octanol–water partition coefficient (Wildman–Crippen LogP) is 3.85. The van der Waals surface area contributed by atoms with Crippen LogP contribution >= 0.6 is 15.9 Å². The lowest BCUT2D eigenvalue weighted by Gasteiger charge is -1.86. The van der Waals surface area contributed by atoms with Crippen LogP contribution in [0.25, 0.3) is 0 Å². The van der Waals surface area contributed by atoms with Gasteiger partial charge in [0.1, 0.15) is 0 Å². The number of alkyl halides is 1. The Hall–Kier alpha value is -0.300. The van der Waals surface area contributed by atoms with Crippen LogP contribution in [0.1, 0.15) is 20.3 Å². The maximum absolute atomic E-state index is 3.42. The number of hydrogen-bond donors (Lipinski definition) is 0. The normalized spacial score (nSPS) is 15.5. The number of rotatable bonds is 4. The summed E-state index contributed by atoms with van der Waals surface area (Å²) in [5.74, 6) is 0. The SMILES string of the molecule is CC/C=C/C=C/C=C/C(C)Br. The maximum atomic E-state index is 3.42.